The number of esters is 1. The van der Waals surface area contributed by atoms with E-state index < -0.39 is 0 Å². The number of ether oxygens (including phenoxy) is 1. The lowest BCUT2D eigenvalue weighted by Crippen LogP contribution is -2.51. The van der Waals surface area contributed by atoms with Crippen molar-refractivity contribution in [2.24, 2.45) is 0 Å². The molecule has 0 aromatic carbocycles. The van der Waals surface area contributed by atoms with E-state index in [1.165, 1.54) is 7.11 Å². The summed E-state index contributed by atoms with van der Waals surface area (Å²) in [7, 11) is 1.43. The van der Waals surface area contributed by atoms with Gasteiger partial charge in [0.25, 0.3) is 0 Å². The maximum absolute atomic E-state index is 11.4. The molecule has 0 spiro atoms. The van der Waals surface area contributed by atoms with Crippen molar-refractivity contribution < 1.29 is 9.53 Å². The van der Waals surface area contributed by atoms with E-state index in [0.29, 0.717) is 6.54 Å². The van der Waals surface area contributed by atoms with Crippen molar-refractivity contribution in [3.05, 3.63) is 0 Å². The fourth-order valence-electron chi connectivity index (χ4n) is 2.32. The van der Waals surface area contributed by atoms with E-state index in [9.17, 15) is 4.79 Å². The van der Waals surface area contributed by atoms with Crippen LogP contribution in [-0.2, 0) is 9.53 Å². The highest BCUT2D eigenvalue weighted by Crippen LogP contribution is 2.21. The van der Waals surface area contributed by atoms with E-state index in [2.05, 4.69) is 24.5 Å². The third-order valence-electron chi connectivity index (χ3n) is 2.93. The van der Waals surface area contributed by atoms with Gasteiger partial charge in [-0.3, -0.25) is 15.4 Å². The van der Waals surface area contributed by atoms with Crippen LogP contribution in [0.2, 0.25) is 0 Å². The SMILES string of the molecule is CCCC1(CCC)NCC(C(=O)OC)N1. The molecule has 0 amide bonds. The monoisotopic (exact) mass is 214 g/mol. The van der Waals surface area contributed by atoms with Gasteiger partial charge in [0.1, 0.15) is 6.04 Å². The molecule has 1 rings (SSSR count). The first-order valence-electron chi connectivity index (χ1n) is 5.78. The number of hydrogen-bond donors (Lipinski definition) is 2. The summed E-state index contributed by atoms with van der Waals surface area (Å²) in [5.41, 5.74) is -0.0532. The minimum atomic E-state index is -0.187. The van der Waals surface area contributed by atoms with Gasteiger partial charge >= 0.3 is 5.97 Å². The Morgan fingerprint density at radius 2 is 2.00 bits per heavy atom. The van der Waals surface area contributed by atoms with Gasteiger partial charge in [-0.05, 0) is 12.8 Å². The molecule has 0 aromatic rings. The normalized spacial score (nSPS) is 24.1. The van der Waals surface area contributed by atoms with Crippen LogP contribution < -0.4 is 10.6 Å². The fourth-order valence-corrected chi connectivity index (χ4v) is 2.32. The molecule has 1 unspecified atom stereocenters. The van der Waals surface area contributed by atoms with Crippen molar-refractivity contribution in [1.82, 2.24) is 10.6 Å². The van der Waals surface area contributed by atoms with Crippen LogP contribution in [-0.4, -0.2) is 31.3 Å². The summed E-state index contributed by atoms with van der Waals surface area (Å²) < 4.78 is 4.74. The summed E-state index contributed by atoms with van der Waals surface area (Å²) in [5.74, 6) is -0.170. The highest BCUT2D eigenvalue weighted by Gasteiger charge is 2.39. The van der Waals surface area contributed by atoms with Crippen molar-refractivity contribution in [1.29, 1.82) is 0 Å². The van der Waals surface area contributed by atoms with Gasteiger partial charge in [-0.1, -0.05) is 26.7 Å². The Morgan fingerprint density at radius 3 is 2.47 bits per heavy atom. The quantitative estimate of drug-likeness (QED) is 0.671. The topological polar surface area (TPSA) is 50.4 Å². The largest absolute Gasteiger partial charge is 0.468 e. The molecule has 1 saturated heterocycles. The minimum Gasteiger partial charge on any atom is -0.468 e. The van der Waals surface area contributed by atoms with Crippen LogP contribution >= 0.6 is 0 Å². The van der Waals surface area contributed by atoms with Gasteiger partial charge in [-0.2, -0.15) is 0 Å². The van der Waals surface area contributed by atoms with E-state index in [4.69, 9.17) is 4.74 Å². The van der Waals surface area contributed by atoms with Crippen molar-refractivity contribution in [2.45, 2.75) is 51.2 Å². The Labute approximate surface area is 91.8 Å². The Bertz CT molecular complexity index is 213. The molecular formula is C11H22N2O2. The molecule has 4 nitrogen and oxygen atoms in total. The lowest BCUT2D eigenvalue weighted by Gasteiger charge is -2.29. The Kier molecular flexibility index (Phi) is 4.54. The van der Waals surface area contributed by atoms with Crippen LogP contribution in [0.3, 0.4) is 0 Å². The minimum absolute atomic E-state index is 0.0532. The number of methoxy groups -OCH3 is 1. The molecule has 0 saturated carbocycles. The summed E-state index contributed by atoms with van der Waals surface area (Å²) in [6, 6.07) is -0.187. The Morgan fingerprint density at radius 1 is 1.40 bits per heavy atom. The maximum atomic E-state index is 11.4. The van der Waals surface area contributed by atoms with Gasteiger partial charge in [0.15, 0.2) is 0 Å². The zero-order valence-electron chi connectivity index (χ0n) is 9.93. The number of carbonyl (C=O) groups is 1. The zero-order chi connectivity index (χ0) is 11.3. The van der Waals surface area contributed by atoms with Crippen molar-refractivity contribution in [3.63, 3.8) is 0 Å². The Balaban J connectivity index is 2.58. The molecule has 0 bridgehead atoms. The van der Waals surface area contributed by atoms with E-state index >= 15 is 0 Å². The van der Waals surface area contributed by atoms with Gasteiger partial charge in [-0.25, -0.2) is 0 Å². The maximum Gasteiger partial charge on any atom is 0.324 e. The highest BCUT2D eigenvalue weighted by molar-refractivity contribution is 5.76. The van der Waals surface area contributed by atoms with E-state index in [-0.39, 0.29) is 17.7 Å². The summed E-state index contributed by atoms with van der Waals surface area (Å²) in [5, 5.41) is 6.80. The van der Waals surface area contributed by atoms with Crippen LogP contribution in [0.4, 0.5) is 0 Å². The van der Waals surface area contributed by atoms with Gasteiger partial charge in [0.05, 0.1) is 12.8 Å². The number of hydrogen-bond acceptors (Lipinski definition) is 4. The van der Waals surface area contributed by atoms with Crippen LogP contribution in [0, 0.1) is 0 Å². The molecule has 1 atom stereocenters. The van der Waals surface area contributed by atoms with E-state index in [1.54, 1.807) is 0 Å². The molecule has 0 aromatic heterocycles. The zero-order valence-corrected chi connectivity index (χ0v) is 9.93. The van der Waals surface area contributed by atoms with Gasteiger partial charge in [-0.15, -0.1) is 0 Å². The molecule has 88 valence electrons. The number of rotatable bonds is 5. The number of nitrogens with one attached hydrogen (secondary N) is 2. The van der Waals surface area contributed by atoms with Gasteiger partial charge < -0.3 is 4.74 Å². The molecule has 0 radical (unpaired) electrons. The second-order valence-electron chi connectivity index (χ2n) is 4.18. The smallest absolute Gasteiger partial charge is 0.324 e. The molecule has 1 heterocycles. The first kappa shape index (κ1) is 12.5. The first-order chi connectivity index (χ1) is 7.17. The summed E-state index contributed by atoms with van der Waals surface area (Å²) in [6.07, 6.45) is 4.31. The fraction of sp³-hybridized carbons (Fsp3) is 0.909. The molecule has 0 aliphatic carbocycles. The van der Waals surface area contributed by atoms with Crippen molar-refractivity contribution >= 4 is 5.97 Å². The first-order valence-corrected chi connectivity index (χ1v) is 5.78. The molecule has 4 heteroatoms. The van der Waals surface area contributed by atoms with E-state index in [1.807, 2.05) is 0 Å². The van der Waals surface area contributed by atoms with Gasteiger partial charge in [0, 0.05) is 6.54 Å². The lowest BCUT2D eigenvalue weighted by atomic mass is 9.99. The summed E-state index contributed by atoms with van der Waals surface area (Å²) >= 11 is 0. The molecule has 1 aliphatic rings. The second kappa shape index (κ2) is 5.47. The predicted octanol–water partition coefficient (Wildman–Crippen LogP) is 1.02. The second-order valence-corrected chi connectivity index (χ2v) is 4.18. The van der Waals surface area contributed by atoms with Crippen LogP contribution in [0.25, 0.3) is 0 Å². The Hall–Kier alpha value is -0.610. The predicted molar refractivity (Wildman–Crippen MR) is 59.5 cm³/mol. The van der Waals surface area contributed by atoms with Crippen LogP contribution in [0.5, 0.6) is 0 Å². The van der Waals surface area contributed by atoms with Crippen molar-refractivity contribution in [2.75, 3.05) is 13.7 Å². The molecule has 1 aliphatic heterocycles. The molecular weight excluding hydrogens is 192 g/mol. The standard InChI is InChI=1S/C11H22N2O2/c1-4-6-11(7-5-2)12-8-9(13-11)10(14)15-3/h9,12-13H,4-8H2,1-3H3. The average Bonchev–Trinajstić information content (AvgIpc) is 2.62. The molecule has 2 N–H and O–H groups in total. The average molecular weight is 214 g/mol. The van der Waals surface area contributed by atoms with Gasteiger partial charge in [0.2, 0.25) is 0 Å². The molecule has 1 fully saturated rings. The van der Waals surface area contributed by atoms with Crippen molar-refractivity contribution in [3.8, 4) is 0 Å². The lowest BCUT2D eigenvalue weighted by molar-refractivity contribution is -0.142. The van der Waals surface area contributed by atoms with Crippen LogP contribution in [0.15, 0.2) is 0 Å². The number of carbonyl (C=O) groups excluding carboxylic acids is 1. The van der Waals surface area contributed by atoms with E-state index in [0.717, 1.165) is 25.7 Å². The third kappa shape index (κ3) is 2.92. The highest BCUT2D eigenvalue weighted by atomic mass is 16.5. The summed E-state index contributed by atoms with van der Waals surface area (Å²) in [4.78, 5) is 11.4. The third-order valence-corrected chi connectivity index (χ3v) is 2.93. The molecule has 15 heavy (non-hydrogen) atoms. The summed E-state index contributed by atoms with van der Waals surface area (Å²) in [6.45, 7) is 4.99. The van der Waals surface area contributed by atoms with Crippen LogP contribution in [0.1, 0.15) is 39.5 Å².